The maximum atomic E-state index is 13.4. The Labute approximate surface area is 249 Å². The predicted molar refractivity (Wildman–Crippen MR) is 159 cm³/mol. The van der Waals surface area contributed by atoms with Crippen LogP contribution in [0.4, 0.5) is 22.0 Å². The number of benzene rings is 2. The van der Waals surface area contributed by atoms with Crippen LogP contribution in [0.15, 0.2) is 48.5 Å². The van der Waals surface area contributed by atoms with Crippen LogP contribution in [0, 0.1) is 10.1 Å². The van der Waals surface area contributed by atoms with Crippen LogP contribution in [-0.4, -0.2) is 90.7 Å². The van der Waals surface area contributed by atoms with E-state index < -0.39 is 26.9 Å². The highest BCUT2D eigenvalue weighted by atomic mass is 32.2. The monoisotopic (exact) mass is 611 g/mol. The fourth-order valence-corrected chi connectivity index (χ4v) is 6.73. The molecule has 5 rings (SSSR count). The van der Waals surface area contributed by atoms with E-state index >= 15 is 0 Å². The molecule has 1 fully saturated rings. The average molecular weight is 612 g/mol. The molecule has 3 aromatic rings. The standard InChI is InChI=1S/C28H33N7O7S/c1-3-42-28(37)34-24-11-12-33(43(40,41)19-20-7-5-4-6-8-20)18-23(24)26(30-34)29-27(36)22-10-9-21(17-25(22)35(38)39)32-15-13-31(2)14-16-32/h4-10,17H,3,11-16,18-19H2,1-2H3,(H,29,30,36). The molecule has 2 aliphatic heterocycles. The highest BCUT2D eigenvalue weighted by molar-refractivity contribution is 7.88. The van der Waals surface area contributed by atoms with Crippen molar-refractivity contribution in [2.75, 3.05) is 56.6 Å². The molecule has 15 heteroatoms. The first-order valence-corrected chi connectivity index (χ1v) is 15.5. The first kappa shape index (κ1) is 30.1. The zero-order valence-corrected chi connectivity index (χ0v) is 24.7. The molecule has 1 saturated heterocycles. The lowest BCUT2D eigenvalue weighted by Crippen LogP contribution is -2.44. The number of nitrogens with one attached hydrogen (secondary N) is 1. The van der Waals surface area contributed by atoms with Crippen LogP contribution in [0.5, 0.6) is 0 Å². The minimum Gasteiger partial charge on any atom is -0.448 e. The number of rotatable bonds is 8. The zero-order chi connectivity index (χ0) is 30.7. The van der Waals surface area contributed by atoms with Gasteiger partial charge in [0.25, 0.3) is 11.6 Å². The van der Waals surface area contributed by atoms with E-state index in [0.717, 1.165) is 17.8 Å². The summed E-state index contributed by atoms with van der Waals surface area (Å²) in [6, 6.07) is 13.2. The first-order valence-electron chi connectivity index (χ1n) is 13.9. The summed E-state index contributed by atoms with van der Waals surface area (Å²) in [5.41, 5.74) is 1.42. The van der Waals surface area contributed by atoms with E-state index in [1.165, 1.54) is 16.4 Å². The number of nitro groups is 1. The topological polar surface area (TPSA) is 160 Å². The number of hydrogen-bond donors (Lipinski definition) is 1. The van der Waals surface area contributed by atoms with Gasteiger partial charge in [-0.1, -0.05) is 30.3 Å². The Morgan fingerprint density at radius 3 is 2.47 bits per heavy atom. The number of carbonyl (C=O) groups excluding carboxylic acids is 2. The van der Waals surface area contributed by atoms with Gasteiger partial charge in [0.1, 0.15) is 5.56 Å². The molecule has 0 saturated carbocycles. The summed E-state index contributed by atoms with van der Waals surface area (Å²) >= 11 is 0. The van der Waals surface area contributed by atoms with Gasteiger partial charge in [-0.2, -0.15) is 8.99 Å². The molecule has 14 nitrogen and oxygen atoms in total. The summed E-state index contributed by atoms with van der Waals surface area (Å²) in [4.78, 5) is 41.7. The third kappa shape index (κ3) is 6.53. The number of sulfonamides is 1. The second kappa shape index (κ2) is 12.5. The first-order chi connectivity index (χ1) is 20.6. The minimum atomic E-state index is -3.76. The molecule has 1 amide bonds. The molecule has 2 aliphatic rings. The van der Waals surface area contributed by atoms with Gasteiger partial charge in [-0.05, 0) is 31.7 Å². The Balaban J connectivity index is 1.44. The molecule has 228 valence electrons. The number of hydrogen-bond acceptors (Lipinski definition) is 10. The molecular formula is C28H33N7O7S. The van der Waals surface area contributed by atoms with Crippen molar-refractivity contribution in [1.29, 1.82) is 0 Å². The molecule has 0 bridgehead atoms. The smallest absolute Gasteiger partial charge is 0.434 e. The number of piperazine rings is 1. The molecule has 1 aromatic heterocycles. The lowest BCUT2D eigenvalue weighted by molar-refractivity contribution is -0.385. The second-order valence-electron chi connectivity index (χ2n) is 10.4. The number of fused-ring (bicyclic) bond motifs is 1. The number of ether oxygens (including phenoxy) is 1. The van der Waals surface area contributed by atoms with E-state index in [1.54, 1.807) is 43.3 Å². The van der Waals surface area contributed by atoms with Crippen molar-refractivity contribution in [2.24, 2.45) is 0 Å². The maximum Gasteiger partial charge on any atom is 0.434 e. The van der Waals surface area contributed by atoms with Gasteiger partial charge >= 0.3 is 6.09 Å². The Bertz CT molecular complexity index is 1630. The van der Waals surface area contributed by atoms with E-state index in [-0.39, 0.29) is 48.9 Å². The lowest BCUT2D eigenvalue weighted by atomic mass is 10.1. The minimum absolute atomic E-state index is 0.0647. The normalized spacial score (nSPS) is 16.0. The summed E-state index contributed by atoms with van der Waals surface area (Å²) in [5, 5.41) is 18.9. The number of amides is 1. The van der Waals surface area contributed by atoms with Crippen molar-refractivity contribution >= 4 is 39.2 Å². The van der Waals surface area contributed by atoms with Crippen LogP contribution in [-0.2, 0) is 33.5 Å². The van der Waals surface area contributed by atoms with Gasteiger partial charge < -0.3 is 19.9 Å². The number of nitrogens with zero attached hydrogens (tertiary/aromatic N) is 6. The van der Waals surface area contributed by atoms with Crippen molar-refractivity contribution < 1.29 is 27.7 Å². The molecule has 0 radical (unpaired) electrons. The van der Waals surface area contributed by atoms with Crippen molar-refractivity contribution in [2.45, 2.75) is 25.6 Å². The van der Waals surface area contributed by atoms with Gasteiger partial charge in [-0.15, -0.1) is 5.10 Å². The zero-order valence-electron chi connectivity index (χ0n) is 23.9. The van der Waals surface area contributed by atoms with Crippen molar-refractivity contribution in [3.63, 3.8) is 0 Å². The molecule has 0 unspecified atom stereocenters. The van der Waals surface area contributed by atoms with Crippen molar-refractivity contribution in [3.8, 4) is 0 Å². The SMILES string of the molecule is CCOC(=O)n1nc(NC(=O)c2ccc(N3CCN(C)CC3)cc2[N+](=O)[O-])c2c1CCN(S(=O)(=O)Cc1ccccc1)C2. The molecule has 2 aromatic carbocycles. The van der Waals surface area contributed by atoms with Crippen LogP contribution in [0.2, 0.25) is 0 Å². The van der Waals surface area contributed by atoms with Crippen LogP contribution in [0.1, 0.15) is 34.1 Å². The fourth-order valence-electron chi connectivity index (χ4n) is 5.24. The summed E-state index contributed by atoms with van der Waals surface area (Å²) in [6.07, 6.45) is -0.632. The highest BCUT2D eigenvalue weighted by Crippen LogP contribution is 2.31. The van der Waals surface area contributed by atoms with Gasteiger partial charge in [-0.3, -0.25) is 14.9 Å². The molecule has 43 heavy (non-hydrogen) atoms. The largest absolute Gasteiger partial charge is 0.448 e. The predicted octanol–water partition coefficient (Wildman–Crippen LogP) is 2.69. The fraction of sp³-hybridized carbons (Fsp3) is 0.393. The average Bonchev–Trinajstić information content (AvgIpc) is 3.35. The van der Waals surface area contributed by atoms with Crippen molar-refractivity contribution in [3.05, 3.63) is 81.0 Å². The Morgan fingerprint density at radius 2 is 1.79 bits per heavy atom. The highest BCUT2D eigenvalue weighted by Gasteiger charge is 2.34. The molecule has 1 N–H and O–H groups in total. The van der Waals surface area contributed by atoms with Gasteiger partial charge in [0.05, 0.1) is 23.0 Å². The van der Waals surface area contributed by atoms with Crippen molar-refractivity contribution in [1.82, 2.24) is 19.0 Å². The Hall–Kier alpha value is -4.34. The van der Waals surface area contributed by atoms with E-state index in [2.05, 4.69) is 15.3 Å². The van der Waals surface area contributed by atoms with Gasteiger partial charge in [0.15, 0.2) is 5.82 Å². The van der Waals surface area contributed by atoms with Crippen LogP contribution in [0.3, 0.4) is 0 Å². The number of likely N-dealkylation sites (N-methyl/N-ethyl adjacent to an activating group) is 1. The van der Waals surface area contributed by atoms with Crippen LogP contribution < -0.4 is 10.2 Å². The maximum absolute atomic E-state index is 13.4. The number of carbonyl (C=O) groups is 2. The van der Waals surface area contributed by atoms with E-state index in [1.807, 2.05) is 11.9 Å². The van der Waals surface area contributed by atoms with E-state index in [4.69, 9.17) is 4.74 Å². The summed E-state index contributed by atoms with van der Waals surface area (Å²) in [6.45, 7) is 4.67. The Morgan fingerprint density at radius 1 is 1.07 bits per heavy atom. The molecule has 0 atom stereocenters. The summed E-state index contributed by atoms with van der Waals surface area (Å²) in [5.74, 6) is -1.09. The summed E-state index contributed by atoms with van der Waals surface area (Å²) < 4.78 is 34.0. The Kier molecular flexibility index (Phi) is 8.75. The van der Waals surface area contributed by atoms with E-state index in [9.17, 15) is 28.1 Å². The number of nitro benzene ring substituents is 1. The van der Waals surface area contributed by atoms with Gasteiger partial charge in [0.2, 0.25) is 10.0 Å². The van der Waals surface area contributed by atoms with E-state index in [0.29, 0.717) is 35.6 Å². The number of aromatic nitrogens is 2. The van der Waals surface area contributed by atoms with Crippen LogP contribution in [0.25, 0.3) is 0 Å². The summed E-state index contributed by atoms with van der Waals surface area (Å²) in [7, 11) is -1.76. The van der Waals surface area contributed by atoms with Gasteiger partial charge in [-0.25, -0.2) is 13.2 Å². The molecule has 0 spiro atoms. The third-order valence-corrected chi connectivity index (χ3v) is 9.37. The molecule has 3 heterocycles. The third-order valence-electron chi connectivity index (χ3n) is 7.57. The quantitative estimate of drug-likeness (QED) is 0.296. The lowest BCUT2D eigenvalue weighted by Gasteiger charge is -2.34. The second-order valence-corrected chi connectivity index (χ2v) is 12.4. The number of anilines is 2. The molecular weight excluding hydrogens is 578 g/mol. The van der Waals surface area contributed by atoms with Gasteiger partial charge in [0, 0.05) is 63.0 Å². The van der Waals surface area contributed by atoms with Crippen LogP contribution >= 0.6 is 0 Å². The molecule has 0 aliphatic carbocycles.